The molecule has 3 N–H and O–H groups in total. The van der Waals surface area contributed by atoms with Crippen molar-refractivity contribution >= 4 is 72.6 Å². The van der Waals surface area contributed by atoms with Crippen LogP contribution in [0.5, 0.6) is 0 Å². The molecular weight excluding hydrogens is 490 g/mol. The van der Waals surface area contributed by atoms with Crippen LogP contribution in [-0.4, -0.2) is 26.6 Å². The number of sulfonamides is 1. The van der Waals surface area contributed by atoms with Crippen molar-refractivity contribution in [1.82, 2.24) is 0 Å². The van der Waals surface area contributed by atoms with Gasteiger partial charge in [-0.2, -0.15) is 0 Å². The van der Waals surface area contributed by atoms with E-state index in [1.54, 1.807) is 36.4 Å². The Kier molecular flexibility index (Phi) is 7.40. The van der Waals surface area contributed by atoms with Gasteiger partial charge in [0.25, 0.3) is 10.0 Å². The van der Waals surface area contributed by atoms with Crippen LogP contribution in [0.15, 0.2) is 53.4 Å². The number of halogens is 1. The summed E-state index contributed by atoms with van der Waals surface area (Å²) in [6.45, 7) is 3.75. The van der Waals surface area contributed by atoms with E-state index in [1.807, 2.05) is 13.8 Å². The highest BCUT2D eigenvalue weighted by molar-refractivity contribution is 7.92. The lowest BCUT2D eigenvalue weighted by atomic mass is 10.1. The summed E-state index contributed by atoms with van der Waals surface area (Å²) in [5, 5.41) is 7.35. The normalized spacial score (nSPS) is 11.0. The molecule has 0 aliphatic rings. The smallest absolute Gasteiger partial charge is 0.341 e. The number of hydrogen-bond acceptors (Lipinski definition) is 6. The second-order valence-corrected chi connectivity index (χ2v) is 10.4. The van der Waals surface area contributed by atoms with Crippen LogP contribution in [0.25, 0.3) is 0 Å². The minimum absolute atomic E-state index is 0.0920. The lowest BCUT2D eigenvalue weighted by Crippen LogP contribution is -2.20. The number of thiocarbonyl (C=S) groups is 1. The van der Waals surface area contributed by atoms with Gasteiger partial charge in [-0.15, -0.1) is 11.3 Å². The Hall–Kier alpha value is -2.66. The Morgan fingerprint density at radius 3 is 2.19 bits per heavy atom. The summed E-state index contributed by atoms with van der Waals surface area (Å²) >= 11 is 12.6. The lowest BCUT2D eigenvalue weighted by molar-refractivity contribution is 0.0601. The van der Waals surface area contributed by atoms with Gasteiger partial charge < -0.3 is 15.4 Å². The Balaban J connectivity index is 1.69. The van der Waals surface area contributed by atoms with E-state index in [9.17, 15) is 13.2 Å². The summed E-state index contributed by atoms with van der Waals surface area (Å²) in [7, 11) is -2.43. The zero-order chi connectivity index (χ0) is 23.5. The third-order valence-corrected chi connectivity index (χ3v) is 7.50. The van der Waals surface area contributed by atoms with Crippen LogP contribution in [0.1, 0.15) is 20.8 Å². The molecule has 168 valence electrons. The van der Waals surface area contributed by atoms with Crippen LogP contribution < -0.4 is 15.4 Å². The molecule has 0 atom stereocenters. The van der Waals surface area contributed by atoms with E-state index in [2.05, 4.69) is 15.4 Å². The molecule has 0 saturated carbocycles. The van der Waals surface area contributed by atoms with E-state index in [0.717, 1.165) is 10.4 Å². The maximum atomic E-state index is 12.6. The molecule has 0 aliphatic heterocycles. The second kappa shape index (κ2) is 9.86. The van der Waals surface area contributed by atoms with Crippen LogP contribution in [0.4, 0.5) is 16.4 Å². The zero-order valence-corrected chi connectivity index (χ0v) is 20.6. The first kappa shape index (κ1) is 24.0. The topological polar surface area (TPSA) is 96.5 Å². The molecule has 3 aromatic rings. The SMILES string of the molecule is COC(=O)c1c(NC(=S)Nc2ccc(S(=O)(=O)Nc3ccc(Cl)cc3)cc2)sc(C)c1C. The van der Waals surface area contributed by atoms with Gasteiger partial charge in [0.1, 0.15) is 5.00 Å². The molecule has 0 fully saturated rings. The average Bonchev–Trinajstić information content (AvgIpc) is 3.02. The fourth-order valence-corrected chi connectivity index (χ4v) is 5.30. The van der Waals surface area contributed by atoms with Crippen molar-refractivity contribution < 1.29 is 17.9 Å². The molecule has 1 heterocycles. The minimum Gasteiger partial charge on any atom is -0.465 e. The van der Waals surface area contributed by atoms with E-state index in [1.165, 1.54) is 30.6 Å². The van der Waals surface area contributed by atoms with Crippen molar-refractivity contribution in [2.45, 2.75) is 18.7 Å². The molecule has 32 heavy (non-hydrogen) atoms. The van der Waals surface area contributed by atoms with Crippen molar-refractivity contribution in [3.63, 3.8) is 0 Å². The van der Waals surface area contributed by atoms with Gasteiger partial charge in [-0.25, -0.2) is 13.2 Å². The number of aryl methyl sites for hydroxylation is 1. The molecule has 0 bridgehead atoms. The molecule has 3 rings (SSSR count). The molecule has 0 saturated heterocycles. The van der Waals surface area contributed by atoms with E-state index >= 15 is 0 Å². The van der Waals surface area contributed by atoms with Crippen molar-refractivity contribution in [3.8, 4) is 0 Å². The van der Waals surface area contributed by atoms with Crippen LogP contribution in [0.2, 0.25) is 5.02 Å². The van der Waals surface area contributed by atoms with Gasteiger partial charge in [-0.3, -0.25) is 4.72 Å². The van der Waals surface area contributed by atoms with Gasteiger partial charge in [0.2, 0.25) is 0 Å². The van der Waals surface area contributed by atoms with E-state index in [4.69, 9.17) is 28.6 Å². The second-order valence-electron chi connectivity index (χ2n) is 6.69. The van der Waals surface area contributed by atoms with E-state index in [0.29, 0.717) is 27.0 Å². The number of benzene rings is 2. The van der Waals surface area contributed by atoms with Crippen molar-refractivity contribution in [2.75, 3.05) is 22.5 Å². The van der Waals surface area contributed by atoms with Crippen LogP contribution >= 0.6 is 35.2 Å². The first-order valence-electron chi connectivity index (χ1n) is 9.25. The van der Waals surface area contributed by atoms with Crippen molar-refractivity contribution in [3.05, 3.63) is 69.6 Å². The number of carbonyl (C=O) groups excluding carboxylic acids is 1. The Morgan fingerprint density at radius 1 is 1.00 bits per heavy atom. The molecule has 0 unspecified atom stereocenters. The molecule has 0 radical (unpaired) electrons. The molecule has 1 aromatic heterocycles. The predicted molar refractivity (Wildman–Crippen MR) is 134 cm³/mol. The number of methoxy groups -OCH3 is 1. The standard InChI is InChI=1S/C21H20ClN3O4S3/c1-12-13(2)31-19(18(12)20(26)29-3)24-21(30)23-15-8-10-17(11-9-15)32(27,28)25-16-6-4-14(22)5-7-16/h4-11,25H,1-3H3,(H2,23,24,30). The summed E-state index contributed by atoms with van der Waals surface area (Å²) in [5.41, 5.74) is 2.26. The molecule has 2 aromatic carbocycles. The summed E-state index contributed by atoms with van der Waals surface area (Å²) in [6.07, 6.45) is 0. The van der Waals surface area contributed by atoms with Crippen LogP contribution in [0.3, 0.4) is 0 Å². The Morgan fingerprint density at radius 2 is 1.59 bits per heavy atom. The van der Waals surface area contributed by atoms with Crippen LogP contribution in [0, 0.1) is 13.8 Å². The number of carbonyl (C=O) groups is 1. The Labute approximate surface area is 200 Å². The van der Waals surface area contributed by atoms with Crippen LogP contribution in [-0.2, 0) is 14.8 Å². The number of nitrogens with one attached hydrogen (secondary N) is 3. The molecule has 0 spiro atoms. The third kappa shape index (κ3) is 5.57. The summed E-state index contributed by atoms with van der Waals surface area (Å²) in [5.74, 6) is -0.445. The summed E-state index contributed by atoms with van der Waals surface area (Å²) in [6, 6.07) is 12.5. The number of hydrogen-bond donors (Lipinski definition) is 3. The fraction of sp³-hybridized carbons (Fsp3) is 0.143. The molecule has 11 heteroatoms. The number of esters is 1. The predicted octanol–water partition coefficient (Wildman–Crippen LogP) is 5.41. The van der Waals surface area contributed by atoms with Gasteiger partial charge >= 0.3 is 5.97 Å². The Bertz CT molecular complexity index is 1250. The molecule has 0 aliphatic carbocycles. The maximum Gasteiger partial charge on any atom is 0.341 e. The van der Waals surface area contributed by atoms with Crippen molar-refractivity contribution in [2.24, 2.45) is 0 Å². The third-order valence-electron chi connectivity index (χ3n) is 4.52. The quantitative estimate of drug-likeness (QED) is 0.302. The summed E-state index contributed by atoms with van der Waals surface area (Å²) in [4.78, 5) is 13.2. The molecule has 0 amide bonds. The maximum absolute atomic E-state index is 12.6. The van der Waals surface area contributed by atoms with Gasteiger partial charge in [0.15, 0.2) is 5.11 Å². The highest BCUT2D eigenvalue weighted by atomic mass is 35.5. The van der Waals surface area contributed by atoms with E-state index < -0.39 is 16.0 Å². The van der Waals surface area contributed by atoms with Gasteiger partial charge in [-0.05, 0) is 80.2 Å². The first-order chi connectivity index (χ1) is 15.1. The minimum atomic E-state index is -3.76. The summed E-state index contributed by atoms with van der Waals surface area (Å²) < 4.78 is 32.5. The van der Waals surface area contributed by atoms with Gasteiger partial charge in [-0.1, -0.05) is 11.6 Å². The van der Waals surface area contributed by atoms with Gasteiger partial charge in [0, 0.05) is 21.3 Å². The van der Waals surface area contributed by atoms with E-state index in [-0.39, 0.29) is 10.0 Å². The zero-order valence-electron chi connectivity index (χ0n) is 17.4. The van der Waals surface area contributed by atoms with Gasteiger partial charge in [0.05, 0.1) is 17.6 Å². The highest BCUT2D eigenvalue weighted by Crippen LogP contribution is 2.33. The average molecular weight is 510 g/mol. The number of rotatable bonds is 6. The number of ether oxygens (including phenoxy) is 1. The lowest BCUT2D eigenvalue weighted by Gasteiger charge is -2.12. The van der Waals surface area contributed by atoms with Crippen molar-refractivity contribution in [1.29, 1.82) is 0 Å². The first-order valence-corrected chi connectivity index (χ1v) is 12.3. The monoisotopic (exact) mass is 509 g/mol. The largest absolute Gasteiger partial charge is 0.465 e. The highest BCUT2D eigenvalue weighted by Gasteiger charge is 2.21. The molecule has 7 nitrogen and oxygen atoms in total. The molecular formula is C21H20ClN3O4S3. The fourth-order valence-electron chi connectivity index (χ4n) is 2.78. The number of anilines is 3. The number of thiophene rings is 1.